The molecule has 1 aliphatic rings. The van der Waals surface area contributed by atoms with Crippen molar-refractivity contribution < 1.29 is 14.2 Å². The molecule has 0 unspecified atom stereocenters. The van der Waals surface area contributed by atoms with Crippen LogP contribution in [-0.2, 0) is 11.3 Å². The summed E-state index contributed by atoms with van der Waals surface area (Å²) >= 11 is 3.46. The first-order chi connectivity index (χ1) is 7.81. The van der Waals surface area contributed by atoms with Gasteiger partial charge in [-0.3, -0.25) is 0 Å². The van der Waals surface area contributed by atoms with E-state index in [1.165, 1.54) is 0 Å². The Bertz CT molecular complexity index is 370. The lowest BCUT2D eigenvalue weighted by atomic mass is 10.2. The average molecular weight is 288 g/mol. The van der Waals surface area contributed by atoms with Crippen molar-refractivity contribution in [2.24, 2.45) is 0 Å². The fourth-order valence-electron chi connectivity index (χ4n) is 1.53. The fourth-order valence-corrected chi connectivity index (χ4v) is 2.13. The molecule has 0 saturated heterocycles. The summed E-state index contributed by atoms with van der Waals surface area (Å²) in [5.41, 5.74) is 1.16. The zero-order valence-corrected chi connectivity index (χ0v) is 10.7. The summed E-state index contributed by atoms with van der Waals surface area (Å²) in [7, 11) is 1.69. The van der Waals surface area contributed by atoms with Crippen LogP contribution in [0.2, 0.25) is 0 Å². The van der Waals surface area contributed by atoms with Gasteiger partial charge in [0, 0.05) is 20.2 Å². The van der Waals surface area contributed by atoms with Crippen LogP contribution in [0, 0.1) is 0 Å². The van der Waals surface area contributed by atoms with Gasteiger partial charge in [0.2, 0.25) is 6.79 Å². The molecule has 4 nitrogen and oxygen atoms in total. The van der Waals surface area contributed by atoms with Gasteiger partial charge >= 0.3 is 0 Å². The van der Waals surface area contributed by atoms with E-state index in [0.717, 1.165) is 34.6 Å². The maximum Gasteiger partial charge on any atom is 0.231 e. The summed E-state index contributed by atoms with van der Waals surface area (Å²) in [6.07, 6.45) is 0. The first-order valence-electron chi connectivity index (χ1n) is 5.09. The maximum atomic E-state index is 5.34. The van der Waals surface area contributed by atoms with Crippen LogP contribution in [0.1, 0.15) is 5.56 Å². The number of rotatable bonds is 5. The van der Waals surface area contributed by atoms with E-state index in [2.05, 4.69) is 21.2 Å². The van der Waals surface area contributed by atoms with Crippen LogP contribution in [0.4, 0.5) is 0 Å². The number of ether oxygens (including phenoxy) is 3. The smallest absolute Gasteiger partial charge is 0.231 e. The lowest BCUT2D eigenvalue weighted by Gasteiger charge is -2.06. The quantitative estimate of drug-likeness (QED) is 0.840. The van der Waals surface area contributed by atoms with Gasteiger partial charge in [-0.2, -0.15) is 0 Å². The Kier molecular flexibility index (Phi) is 4.04. The van der Waals surface area contributed by atoms with Crippen molar-refractivity contribution in [1.29, 1.82) is 0 Å². The van der Waals surface area contributed by atoms with E-state index >= 15 is 0 Å². The predicted molar refractivity (Wildman–Crippen MR) is 63.8 cm³/mol. The molecule has 0 atom stereocenters. The van der Waals surface area contributed by atoms with Gasteiger partial charge < -0.3 is 19.5 Å². The number of nitrogens with one attached hydrogen (secondary N) is 1. The molecule has 0 bridgehead atoms. The molecule has 16 heavy (non-hydrogen) atoms. The molecule has 1 N–H and O–H groups in total. The highest BCUT2D eigenvalue weighted by molar-refractivity contribution is 9.10. The van der Waals surface area contributed by atoms with Crippen molar-refractivity contribution >= 4 is 15.9 Å². The van der Waals surface area contributed by atoms with Gasteiger partial charge in [0.25, 0.3) is 0 Å². The molecule has 1 aliphatic heterocycles. The minimum atomic E-state index is 0.300. The molecule has 0 spiro atoms. The van der Waals surface area contributed by atoms with Crippen LogP contribution in [0.25, 0.3) is 0 Å². The van der Waals surface area contributed by atoms with Crippen LogP contribution >= 0.6 is 15.9 Å². The largest absolute Gasteiger partial charge is 0.454 e. The summed E-state index contributed by atoms with van der Waals surface area (Å²) in [6.45, 7) is 2.64. The number of halogens is 1. The fraction of sp³-hybridized carbons (Fsp3) is 0.455. The van der Waals surface area contributed by atoms with Crippen molar-refractivity contribution in [1.82, 2.24) is 5.32 Å². The molecular weight excluding hydrogens is 274 g/mol. The molecule has 0 radical (unpaired) electrons. The third-order valence-electron chi connectivity index (χ3n) is 2.30. The minimum absolute atomic E-state index is 0.300. The summed E-state index contributed by atoms with van der Waals surface area (Å²) in [5.74, 6) is 1.60. The van der Waals surface area contributed by atoms with Gasteiger partial charge in [0.1, 0.15) is 0 Å². The number of benzene rings is 1. The number of fused-ring (bicyclic) bond motifs is 1. The summed E-state index contributed by atoms with van der Waals surface area (Å²) in [5, 5.41) is 3.28. The third-order valence-corrected chi connectivity index (χ3v) is 2.89. The Morgan fingerprint density at radius 1 is 1.44 bits per heavy atom. The van der Waals surface area contributed by atoms with Crippen molar-refractivity contribution in [2.75, 3.05) is 27.1 Å². The number of hydrogen-bond donors (Lipinski definition) is 1. The highest BCUT2D eigenvalue weighted by atomic mass is 79.9. The van der Waals surface area contributed by atoms with E-state index in [9.17, 15) is 0 Å². The zero-order valence-electron chi connectivity index (χ0n) is 9.09. The molecule has 0 amide bonds. The molecular formula is C11H14BrNO3. The highest BCUT2D eigenvalue weighted by Crippen LogP contribution is 2.39. The SMILES string of the molecule is COCCNCc1cc(Br)c2c(c1)OCO2. The van der Waals surface area contributed by atoms with E-state index in [1.54, 1.807) is 7.11 Å². The topological polar surface area (TPSA) is 39.7 Å². The molecule has 1 heterocycles. The van der Waals surface area contributed by atoms with E-state index < -0.39 is 0 Å². The molecule has 0 fully saturated rings. The second-order valence-electron chi connectivity index (χ2n) is 3.48. The maximum absolute atomic E-state index is 5.34. The third kappa shape index (κ3) is 2.66. The minimum Gasteiger partial charge on any atom is -0.454 e. The van der Waals surface area contributed by atoms with Crippen LogP contribution < -0.4 is 14.8 Å². The Morgan fingerprint density at radius 2 is 2.31 bits per heavy atom. The van der Waals surface area contributed by atoms with Crippen molar-refractivity contribution in [3.63, 3.8) is 0 Å². The van der Waals surface area contributed by atoms with Crippen LogP contribution in [0.5, 0.6) is 11.5 Å². The monoisotopic (exact) mass is 287 g/mol. The van der Waals surface area contributed by atoms with Gasteiger partial charge in [-0.15, -0.1) is 0 Å². The van der Waals surface area contributed by atoms with Crippen LogP contribution in [0.15, 0.2) is 16.6 Å². The highest BCUT2D eigenvalue weighted by Gasteiger charge is 2.17. The van der Waals surface area contributed by atoms with Gasteiger partial charge in [-0.05, 0) is 33.6 Å². The molecule has 0 saturated carbocycles. The summed E-state index contributed by atoms with van der Waals surface area (Å²) < 4.78 is 16.6. The van der Waals surface area contributed by atoms with E-state index in [4.69, 9.17) is 14.2 Å². The lowest BCUT2D eigenvalue weighted by Crippen LogP contribution is -2.18. The predicted octanol–water partition coefficient (Wildman–Crippen LogP) is 1.91. The second-order valence-corrected chi connectivity index (χ2v) is 4.34. The normalized spacial score (nSPS) is 13.1. The lowest BCUT2D eigenvalue weighted by molar-refractivity contribution is 0.173. The number of methoxy groups -OCH3 is 1. The molecule has 1 aromatic rings. The summed E-state index contributed by atoms with van der Waals surface area (Å²) in [4.78, 5) is 0. The molecule has 5 heteroatoms. The molecule has 0 aromatic heterocycles. The second kappa shape index (κ2) is 5.52. The van der Waals surface area contributed by atoms with E-state index in [-0.39, 0.29) is 0 Å². The van der Waals surface area contributed by atoms with Gasteiger partial charge in [-0.25, -0.2) is 0 Å². The van der Waals surface area contributed by atoms with Crippen LogP contribution in [0.3, 0.4) is 0 Å². The van der Waals surface area contributed by atoms with E-state index in [0.29, 0.717) is 13.4 Å². The Morgan fingerprint density at radius 3 is 3.12 bits per heavy atom. The van der Waals surface area contributed by atoms with Gasteiger partial charge in [0.15, 0.2) is 11.5 Å². The molecule has 1 aromatic carbocycles. The zero-order chi connectivity index (χ0) is 11.4. The Hall–Kier alpha value is -0.780. The molecule has 0 aliphatic carbocycles. The first-order valence-corrected chi connectivity index (χ1v) is 5.88. The van der Waals surface area contributed by atoms with E-state index in [1.807, 2.05) is 12.1 Å². The van der Waals surface area contributed by atoms with Gasteiger partial charge in [0.05, 0.1) is 11.1 Å². The molecule has 88 valence electrons. The first kappa shape index (κ1) is 11.7. The van der Waals surface area contributed by atoms with Crippen molar-refractivity contribution in [3.05, 3.63) is 22.2 Å². The summed E-state index contributed by atoms with van der Waals surface area (Å²) in [6, 6.07) is 4.03. The van der Waals surface area contributed by atoms with Crippen molar-refractivity contribution in [3.8, 4) is 11.5 Å². The van der Waals surface area contributed by atoms with Crippen LogP contribution in [-0.4, -0.2) is 27.1 Å². The van der Waals surface area contributed by atoms with Crippen molar-refractivity contribution in [2.45, 2.75) is 6.54 Å². The Balaban J connectivity index is 1.97. The number of hydrogen-bond acceptors (Lipinski definition) is 4. The Labute approximate surface area is 103 Å². The van der Waals surface area contributed by atoms with Gasteiger partial charge in [-0.1, -0.05) is 0 Å². The average Bonchev–Trinajstić information content (AvgIpc) is 2.73. The standard InChI is InChI=1S/C11H14BrNO3/c1-14-3-2-13-6-8-4-9(12)11-10(5-8)15-7-16-11/h4-5,13H,2-3,6-7H2,1H3. The molecule has 2 rings (SSSR count).